The zero-order valence-electron chi connectivity index (χ0n) is 18.7. The van der Waals surface area contributed by atoms with E-state index < -0.39 is 5.82 Å². The van der Waals surface area contributed by atoms with E-state index in [9.17, 15) is 9.18 Å². The van der Waals surface area contributed by atoms with Gasteiger partial charge in [-0.05, 0) is 44.1 Å². The molecule has 2 N–H and O–H groups in total. The van der Waals surface area contributed by atoms with E-state index >= 15 is 0 Å². The SMILES string of the molecule is COc1cc(F)ccc1Nc1ncnc2sc(C(=O)NCC(C)(C)CN(C)C)c(C)c12. The number of nitrogens with zero attached hydrogens (tertiary/aromatic N) is 3. The van der Waals surface area contributed by atoms with Gasteiger partial charge in [0.2, 0.25) is 0 Å². The van der Waals surface area contributed by atoms with Crippen LogP contribution in [0.25, 0.3) is 10.2 Å². The molecule has 0 radical (unpaired) electrons. The van der Waals surface area contributed by atoms with E-state index in [-0.39, 0.29) is 11.3 Å². The van der Waals surface area contributed by atoms with E-state index in [1.54, 1.807) is 6.07 Å². The number of anilines is 2. The molecule has 0 aliphatic heterocycles. The summed E-state index contributed by atoms with van der Waals surface area (Å²) in [5, 5.41) is 7.01. The average molecular weight is 446 g/mol. The first-order valence-electron chi connectivity index (χ1n) is 9.89. The third-order valence-corrected chi connectivity index (χ3v) is 6.02. The second-order valence-corrected chi connectivity index (χ2v) is 9.51. The minimum Gasteiger partial charge on any atom is -0.494 e. The number of carbonyl (C=O) groups is 1. The van der Waals surface area contributed by atoms with Crippen LogP contribution in [0.2, 0.25) is 0 Å². The van der Waals surface area contributed by atoms with Crippen molar-refractivity contribution in [3.05, 3.63) is 40.8 Å². The predicted molar refractivity (Wildman–Crippen MR) is 123 cm³/mol. The lowest BCUT2D eigenvalue weighted by Gasteiger charge is -2.28. The highest BCUT2D eigenvalue weighted by Gasteiger charge is 2.23. The van der Waals surface area contributed by atoms with Crippen molar-refractivity contribution in [2.45, 2.75) is 20.8 Å². The highest BCUT2D eigenvalue weighted by Crippen LogP contribution is 2.36. The van der Waals surface area contributed by atoms with Crippen LogP contribution in [0.15, 0.2) is 24.5 Å². The Balaban J connectivity index is 1.88. The van der Waals surface area contributed by atoms with E-state index in [0.29, 0.717) is 33.5 Å². The van der Waals surface area contributed by atoms with E-state index in [0.717, 1.165) is 17.5 Å². The van der Waals surface area contributed by atoms with Gasteiger partial charge in [0.25, 0.3) is 5.91 Å². The van der Waals surface area contributed by atoms with Gasteiger partial charge >= 0.3 is 0 Å². The molecule has 31 heavy (non-hydrogen) atoms. The van der Waals surface area contributed by atoms with Crippen LogP contribution in [-0.2, 0) is 0 Å². The predicted octanol–water partition coefficient (Wildman–Crippen LogP) is 4.21. The van der Waals surface area contributed by atoms with Crippen LogP contribution in [0.4, 0.5) is 15.9 Å². The molecule has 0 spiro atoms. The molecule has 0 saturated carbocycles. The minimum absolute atomic E-state index is 0.0601. The summed E-state index contributed by atoms with van der Waals surface area (Å²) in [6, 6.07) is 4.23. The molecule has 0 unspecified atom stereocenters. The number of amides is 1. The zero-order valence-corrected chi connectivity index (χ0v) is 19.5. The summed E-state index contributed by atoms with van der Waals surface area (Å²) in [6.07, 6.45) is 1.44. The standard InChI is InChI=1S/C22H28FN5O2S/c1-13-17-19(27-15-8-7-14(23)9-16(15)30-6)25-12-26-21(17)31-18(13)20(29)24-10-22(2,3)11-28(4)5/h7-9,12H,10-11H2,1-6H3,(H,24,29)(H,25,26,27). The molecule has 1 aromatic carbocycles. The van der Waals surface area contributed by atoms with Gasteiger partial charge in [-0.3, -0.25) is 4.79 Å². The first-order chi connectivity index (χ1) is 14.6. The Labute approximate surface area is 185 Å². The highest BCUT2D eigenvalue weighted by atomic mass is 32.1. The second-order valence-electron chi connectivity index (χ2n) is 8.51. The van der Waals surface area contributed by atoms with Crippen LogP contribution in [-0.4, -0.2) is 55.1 Å². The van der Waals surface area contributed by atoms with Crippen molar-refractivity contribution in [1.82, 2.24) is 20.2 Å². The molecular weight excluding hydrogens is 417 g/mol. The summed E-state index contributed by atoms with van der Waals surface area (Å²) in [5.41, 5.74) is 1.31. The Morgan fingerprint density at radius 3 is 2.71 bits per heavy atom. The van der Waals surface area contributed by atoms with Gasteiger partial charge in [0.15, 0.2) is 0 Å². The van der Waals surface area contributed by atoms with Gasteiger partial charge in [0, 0.05) is 19.2 Å². The number of ether oxygens (including phenoxy) is 1. The third kappa shape index (κ3) is 5.29. The number of benzene rings is 1. The summed E-state index contributed by atoms with van der Waals surface area (Å²) in [7, 11) is 5.51. The molecule has 1 amide bonds. The maximum Gasteiger partial charge on any atom is 0.261 e. The minimum atomic E-state index is -0.391. The summed E-state index contributed by atoms with van der Waals surface area (Å²) in [6.45, 7) is 7.54. The maximum absolute atomic E-state index is 13.5. The Morgan fingerprint density at radius 1 is 1.29 bits per heavy atom. The molecule has 3 rings (SSSR count). The summed E-state index contributed by atoms with van der Waals surface area (Å²) in [5.74, 6) is 0.382. The summed E-state index contributed by atoms with van der Waals surface area (Å²) < 4.78 is 18.8. The number of aryl methyl sites for hydroxylation is 1. The third-order valence-electron chi connectivity index (χ3n) is 4.82. The number of fused-ring (bicyclic) bond motifs is 1. The van der Waals surface area contributed by atoms with E-state index in [2.05, 4.69) is 39.3 Å². The fourth-order valence-electron chi connectivity index (χ4n) is 3.59. The second kappa shape index (κ2) is 9.15. The van der Waals surface area contributed by atoms with Crippen LogP contribution < -0.4 is 15.4 Å². The van der Waals surface area contributed by atoms with Crippen LogP contribution in [0, 0.1) is 18.2 Å². The number of nitrogens with one attached hydrogen (secondary N) is 2. The van der Waals surface area contributed by atoms with Crippen molar-refractivity contribution in [3.63, 3.8) is 0 Å². The van der Waals surface area contributed by atoms with Gasteiger partial charge in [-0.1, -0.05) is 13.8 Å². The van der Waals surface area contributed by atoms with Crippen molar-refractivity contribution in [2.75, 3.05) is 39.6 Å². The van der Waals surface area contributed by atoms with Gasteiger partial charge in [-0.2, -0.15) is 0 Å². The van der Waals surface area contributed by atoms with Gasteiger partial charge in [-0.25, -0.2) is 14.4 Å². The Hall–Kier alpha value is -2.78. The Bertz CT molecular complexity index is 1100. The molecule has 0 fully saturated rings. The lowest BCUT2D eigenvalue weighted by Crippen LogP contribution is -2.39. The Morgan fingerprint density at radius 2 is 2.03 bits per heavy atom. The number of thiophene rings is 1. The molecule has 0 bridgehead atoms. The number of hydrogen-bond acceptors (Lipinski definition) is 7. The van der Waals surface area contributed by atoms with Gasteiger partial charge in [0.05, 0.1) is 23.1 Å². The molecule has 3 aromatic rings. The van der Waals surface area contributed by atoms with E-state index in [4.69, 9.17) is 4.74 Å². The van der Waals surface area contributed by atoms with Crippen LogP contribution in [0.5, 0.6) is 5.75 Å². The van der Waals surface area contributed by atoms with Crippen molar-refractivity contribution in [1.29, 1.82) is 0 Å². The largest absolute Gasteiger partial charge is 0.494 e. The maximum atomic E-state index is 13.5. The average Bonchev–Trinajstić information content (AvgIpc) is 3.04. The highest BCUT2D eigenvalue weighted by molar-refractivity contribution is 7.20. The summed E-state index contributed by atoms with van der Waals surface area (Å²) >= 11 is 1.33. The molecule has 2 heterocycles. The van der Waals surface area contributed by atoms with Gasteiger partial charge in [0.1, 0.15) is 28.5 Å². The van der Waals surface area contributed by atoms with Gasteiger partial charge < -0.3 is 20.3 Å². The first-order valence-corrected chi connectivity index (χ1v) is 10.7. The molecular formula is C22H28FN5O2S. The zero-order chi connectivity index (χ0) is 22.8. The van der Waals surface area contributed by atoms with Crippen molar-refractivity contribution in [3.8, 4) is 5.75 Å². The number of aromatic nitrogens is 2. The fraction of sp³-hybridized carbons (Fsp3) is 0.409. The number of rotatable bonds is 8. The molecule has 0 aliphatic carbocycles. The topological polar surface area (TPSA) is 79.4 Å². The molecule has 7 nitrogen and oxygen atoms in total. The molecule has 166 valence electrons. The smallest absolute Gasteiger partial charge is 0.261 e. The van der Waals surface area contributed by atoms with Crippen molar-refractivity contribution in [2.24, 2.45) is 5.41 Å². The fourth-order valence-corrected chi connectivity index (χ4v) is 4.66. The summed E-state index contributed by atoms with van der Waals surface area (Å²) in [4.78, 5) is 25.0. The van der Waals surface area contributed by atoms with E-state index in [1.165, 1.54) is 36.9 Å². The molecule has 0 aliphatic rings. The quantitative estimate of drug-likeness (QED) is 0.541. The molecule has 2 aromatic heterocycles. The van der Waals surface area contributed by atoms with Crippen LogP contribution >= 0.6 is 11.3 Å². The number of methoxy groups -OCH3 is 1. The number of hydrogen-bond donors (Lipinski definition) is 2. The number of halogens is 1. The lowest BCUT2D eigenvalue weighted by atomic mass is 9.93. The Kier molecular flexibility index (Phi) is 6.76. The number of carbonyl (C=O) groups excluding carboxylic acids is 1. The van der Waals surface area contributed by atoms with Crippen LogP contribution in [0.3, 0.4) is 0 Å². The normalized spacial score (nSPS) is 11.7. The lowest BCUT2D eigenvalue weighted by molar-refractivity contribution is 0.0933. The van der Waals surface area contributed by atoms with Gasteiger partial charge in [-0.15, -0.1) is 11.3 Å². The molecule has 9 heteroatoms. The van der Waals surface area contributed by atoms with Crippen molar-refractivity contribution >= 4 is 39.0 Å². The van der Waals surface area contributed by atoms with Crippen LogP contribution in [0.1, 0.15) is 29.1 Å². The van der Waals surface area contributed by atoms with E-state index in [1.807, 2.05) is 21.0 Å². The van der Waals surface area contributed by atoms with Crippen molar-refractivity contribution < 1.29 is 13.9 Å². The molecule has 0 atom stereocenters. The monoisotopic (exact) mass is 445 g/mol. The first kappa shape index (κ1) is 22.9. The molecule has 0 saturated heterocycles.